The van der Waals surface area contributed by atoms with Gasteiger partial charge >= 0.3 is 0 Å². The molecular weight excluding hydrogens is 220 g/mol. The highest BCUT2D eigenvalue weighted by molar-refractivity contribution is 7.88. The fourth-order valence-electron chi connectivity index (χ4n) is 1.60. The van der Waals surface area contributed by atoms with E-state index in [9.17, 15) is 18.0 Å². The average Bonchev–Trinajstić information content (AvgIpc) is 2.54. The molecule has 1 aliphatic carbocycles. The van der Waals surface area contributed by atoms with Gasteiger partial charge in [0.2, 0.25) is 21.6 Å². The summed E-state index contributed by atoms with van der Waals surface area (Å²) in [5.74, 6) is -1.99. The smallest absolute Gasteiger partial charge is 0.247 e. The molecule has 1 aliphatic heterocycles. The Labute approximate surface area is 86.3 Å². The maximum Gasteiger partial charge on any atom is 0.247 e. The van der Waals surface area contributed by atoms with Gasteiger partial charge in [-0.25, -0.2) is 8.42 Å². The molecule has 7 heteroatoms. The van der Waals surface area contributed by atoms with Crippen molar-refractivity contribution in [3.05, 3.63) is 12.2 Å². The molecule has 0 amide bonds. The first-order valence-corrected chi connectivity index (χ1v) is 6.06. The first kappa shape index (κ1) is 10.0. The fourth-order valence-corrected chi connectivity index (χ4v) is 2.46. The van der Waals surface area contributed by atoms with Gasteiger partial charge in [0, 0.05) is 6.21 Å². The third-order valence-electron chi connectivity index (χ3n) is 2.29. The van der Waals surface area contributed by atoms with Crippen LogP contribution in [0.4, 0.5) is 0 Å². The molecule has 0 saturated carbocycles. The molecule has 0 N–H and O–H groups in total. The Morgan fingerprint density at radius 3 is 2.67 bits per heavy atom. The molecule has 2 unspecified atom stereocenters. The normalized spacial score (nSPS) is 29.8. The average molecular weight is 228 g/mol. The van der Waals surface area contributed by atoms with Crippen LogP contribution in [-0.4, -0.2) is 42.9 Å². The summed E-state index contributed by atoms with van der Waals surface area (Å²) in [6.45, 7) is 0. The maximum absolute atomic E-state index is 11.4. The van der Waals surface area contributed by atoms with Crippen molar-refractivity contribution in [2.45, 2.75) is 6.04 Å². The molecule has 0 aromatic heterocycles. The number of Topliss-reactive ketones (excluding diaryl/α,β-unsaturated/α-hetero) is 1. The van der Waals surface area contributed by atoms with Crippen molar-refractivity contribution in [1.29, 1.82) is 0 Å². The molecule has 2 atom stereocenters. The van der Waals surface area contributed by atoms with Crippen LogP contribution in [0.5, 0.6) is 0 Å². The van der Waals surface area contributed by atoms with Crippen LogP contribution in [-0.2, 0) is 19.6 Å². The van der Waals surface area contributed by atoms with E-state index < -0.39 is 33.5 Å². The molecule has 0 fully saturated rings. The van der Waals surface area contributed by atoms with Gasteiger partial charge in [-0.3, -0.25) is 9.59 Å². The minimum absolute atomic E-state index is 0.613. The molecule has 6 nitrogen and oxygen atoms in total. The molecule has 0 radical (unpaired) electrons. The molecule has 0 aromatic carbocycles. The Morgan fingerprint density at radius 2 is 2.07 bits per heavy atom. The summed E-state index contributed by atoms with van der Waals surface area (Å²) in [7, 11) is -3.49. The minimum atomic E-state index is -3.49. The number of ketones is 2. The van der Waals surface area contributed by atoms with E-state index in [0.717, 1.165) is 16.7 Å². The van der Waals surface area contributed by atoms with Crippen LogP contribution in [0.25, 0.3) is 0 Å². The molecule has 80 valence electrons. The zero-order chi connectivity index (χ0) is 11.2. The summed E-state index contributed by atoms with van der Waals surface area (Å²) in [5.41, 5.74) is 0. The molecule has 0 saturated heterocycles. The highest BCUT2D eigenvalue weighted by Crippen LogP contribution is 2.25. The summed E-state index contributed by atoms with van der Waals surface area (Å²) < 4.78 is 23.4. The maximum atomic E-state index is 11.4. The topological polar surface area (TPSA) is 83.9 Å². The summed E-state index contributed by atoms with van der Waals surface area (Å²) >= 11 is 0. The number of sulfonamides is 1. The van der Waals surface area contributed by atoms with Gasteiger partial charge in [0.1, 0.15) is 0 Å². The van der Waals surface area contributed by atoms with Gasteiger partial charge in [0.15, 0.2) is 0 Å². The van der Waals surface area contributed by atoms with Crippen molar-refractivity contribution in [2.75, 3.05) is 6.26 Å². The van der Waals surface area contributed by atoms with E-state index >= 15 is 0 Å². The number of hydrazone groups is 1. The number of rotatable bonds is 1. The van der Waals surface area contributed by atoms with Gasteiger partial charge in [-0.05, 0) is 6.08 Å². The van der Waals surface area contributed by atoms with Crippen LogP contribution >= 0.6 is 0 Å². The number of hydrogen-bond donors (Lipinski definition) is 0. The molecule has 2 rings (SSSR count). The zero-order valence-corrected chi connectivity index (χ0v) is 8.64. The molecule has 0 spiro atoms. The fraction of sp³-hybridized carbons (Fsp3) is 0.375. The van der Waals surface area contributed by atoms with Crippen LogP contribution in [0.1, 0.15) is 0 Å². The lowest BCUT2D eigenvalue weighted by atomic mass is 9.90. The van der Waals surface area contributed by atoms with Crippen molar-refractivity contribution >= 4 is 27.8 Å². The highest BCUT2D eigenvalue weighted by Gasteiger charge is 2.42. The Hall–Kier alpha value is -1.50. The second-order valence-corrected chi connectivity index (χ2v) is 5.24. The van der Waals surface area contributed by atoms with Crippen LogP contribution in [0.2, 0.25) is 0 Å². The number of carbonyl (C=O) groups is 2. The lowest BCUT2D eigenvalue weighted by Crippen LogP contribution is -2.42. The summed E-state index contributed by atoms with van der Waals surface area (Å²) in [6.07, 6.45) is 4.69. The van der Waals surface area contributed by atoms with E-state index in [0.29, 0.717) is 0 Å². The summed E-state index contributed by atoms with van der Waals surface area (Å²) in [4.78, 5) is 22.4. The quantitative estimate of drug-likeness (QED) is 0.535. The number of carbonyl (C=O) groups excluding carboxylic acids is 2. The third kappa shape index (κ3) is 1.48. The van der Waals surface area contributed by atoms with Gasteiger partial charge in [-0.15, -0.1) is 0 Å². The Morgan fingerprint density at radius 1 is 1.40 bits per heavy atom. The number of nitrogens with zero attached hydrogens (tertiary/aromatic N) is 2. The van der Waals surface area contributed by atoms with Crippen molar-refractivity contribution in [2.24, 2.45) is 11.0 Å². The second-order valence-electron chi connectivity index (χ2n) is 3.40. The van der Waals surface area contributed by atoms with Crippen molar-refractivity contribution in [1.82, 2.24) is 4.41 Å². The van der Waals surface area contributed by atoms with E-state index in [1.165, 1.54) is 12.3 Å². The standard InChI is InChI=1S/C8H8N2O4S/c1-15(13,14)10-6-2-3-7(11)8(12)5(6)4-9-10/h2-6H,1H3. The van der Waals surface area contributed by atoms with E-state index in [2.05, 4.69) is 5.10 Å². The molecular formula is C8H8N2O4S. The molecule has 1 heterocycles. The third-order valence-corrected chi connectivity index (χ3v) is 3.31. The largest absolute Gasteiger partial charge is 0.290 e. The first-order valence-electron chi connectivity index (χ1n) is 4.21. The zero-order valence-electron chi connectivity index (χ0n) is 7.82. The molecule has 2 aliphatic rings. The van der Waals surface area contributed by atoms with Crippen LogP contribution < -0.4 is 0 Å². The summed E-state index contributed by atoms with van der Waals surface area (Å²) in [5, 5.41) is 3.63. The Kier molecular flexibility index (Phi) is 2.00. The van der Waals surface area contributed by atoms with Crippen LogP contribution in [0.15, 0.2) is 17.3 Å². The van der Waals surface area contributed by atoms with Crippen molar-refractivity contribution < 1.29 is 18.0 Å². The Balaban J connectivity index is 2.41. The van der Waals surface area contributed by atoms with Crippen molar-refractivity contribution in [3.63, 3.8) is 0 Å². The molecule has 15 heavy (non-hydrogen) atoms. The van der Waals surface area contributed by atoms with Crippen LogP contribution in [0.3, 0.4) is 0 Å². The lowest BCUT2D eigenvalue weighted by Gasteiger charge is -2.23. The molecule has 0 bridgehead atoms. The van der Waals surface area contributed by atoms with Gasteiger partial charge in [0.05, 0.1) is 18.2 Å². The van der Waals surface area contributed by atoms with E-state index in [-0.39, 0.29) is 0 Å². The predicted octanol–water partition coefficient (Wildman–Crippen LogP) is -1.06. The number of hydrogen-bond acceptors (Lipinski definition) is 5. The number of allylic oxidation sites excluding steroid dienone is 1. The van der Waals surface area contributed by atoms with Gasteiger partial charge in [-0.2, -0.15) is 9.52 Å². The lowest BCUT2D eigenvalue weighted by molar-refractivity contribution is -0.135. The monoisotopic (exact) mass is 228 g/mol. The number of fused-ring (bicyclic) bond motifs is 1. The van der Waals surface area contributed by atoms with Crippen molar-refractivity contribution in [3.8, 4) is 0 Å². The summed E-state index contributed by atoms with van der Waals surface area (Å²) in [6, 6.07) is -0.676. The predicted molar refractivity (Wildman–Crippen MR) is 51.6 cm³/mol. The van der Waals surface area contributed by atoms with E-state index in [4.69, 9.17) is 0 Å². The SMILES string of the molecule is CS(=O)(=O)N1N=CC2C(=O)C(=O)C=CC21. The highest BCUT2D eigenvalue weighted by atomic mass is 32.2. The van der Waals surface area contributed by atoms with Gasteiger partial charge in [-0.1, -0.05) is 6.08 Å². The van der Waals surface area contributed by atoms with E-state index in [1.54, 1.807) is 0 Å². The minimum Gasteiger partial charge on any atom is -0.290 e. The second kappa shape index (κ2) is 2.99. The molecule has 0 aromatic rings. The van der Waals surface area contributed by atoms with E-state index in [1.807, 2.05) is 0 Å². The van der Waals surface area contributed by atoms with Gasteiger partial charge in [0.25, 0.3) is 0 Å². The van der Waals surface area contributed by atoms with Crippen LogP contribution in [0, 0.1) is 5.92 Å². The first-order chi connectivity index (χ1) is 6.91. The Bertz CT molecular complexity index is 491. The van der Waals surface area contributed by atoms with Gasteiger partial charge < -0.3 is 0 Å².